The second-order valence-electron chi connectivity index (χ2n) is 7.90. The van der Waals surface area contributed by atoms with E-state index in [0.29, 0.717) is 29.6 Å². The molecule has 0 aliphatic heterocycles. The SMILES string of the molecule is Cc1cc(Nc2ncnc3ccc(C=CCNC(=O)CO)cc23)ccc1Oc1ccc(C)[n+]([O-])c1. The molecule has 0 radical (unpaired) electrons. The molecule has 2 heterocycles. The molecular weight excluding hydrogens is 446 g/mol. The van der Waals surface area contributed by atoms with Crippen molar-refractivity contribution in [2.24, 2.45) is 0 Å². The molecule has 0 unspecified atom stereocenters. The Morgan fingerprint density at radius 1 is 1.14 bits per heavy atom. The molecule has 3 N–H and O–H groups in total. The molecule has 2 aromatic heterocycles. The average Bonchev–Trinajstić information content (AvgIpc) is 2.86. The van der Waals surface area contributed by atoms with E-state index in [9.17, 15) is 10.0 Å². The first-order valence-corrected chi connectivity index (χ1v) is 11.0. The van der Waals surface area contributed by atoms with E-state index in [-0.39, 0.29) is 0 Å². The summed E-state index contributed by atoms with van der Waals surface area (Å²) in [7, 11) is 0. The summed E-state index contributed by atoms with van der Waals surface area (Å²) in [5.74, 6) is 1.34. The highest BCUT2D eigenvalue weighted by atomic mass is 16.5. The summed E-state index contributed by atoms with van der Waals surface area (Å²) in [5.41, 5.74) is 4.01. The standard InChI is InChI=1S/C26H25N5O4/c1-17-12-20(7-10-24(17)35-21-8-5-18(2)31(34)14-21)30-26-22-13-19(4-3-11-27-25(33)15-32)6-9-23(22)28-16-29-26/h3-10,12-14,16,32H,11,15H2,1-2H3,(H,27,33)(H,28,29,30). The topological polar surface area (TPSA) is 123 Å². The normalized spacial score (nSPS) is 11.1. The molecule has 4 rings (SSSR count). The van der Waals surface area contributed by atoms with Crippen molar-refractivity contribution < 1.29 is 19.4 Å². The molecule has 35 heavy (non-hydrogen) atoms. The molecule has 0 aliphatic rings. The number of nitrogens with zero attached hydrogens (tertiary/aromatic N) is 3. The van der Waals surface area contributed by atoms with Crippen LogP contribution < -0.4 is 20.1 Å². The number of pyridine rings is 1. The number of aliphatic hydroxyl groups excluding tert-OH is 1. The summed E-state index contributed by atoms with van der Waals surface area (Å²) in [6, 6.07) is 14.9. The Kier molecular flexibility index (Phi) is 7.18. The van der Waals surface area contributed by atoms with Crippen molar-refractivity contribution in [2.45, 2.75) is 13.8 Å². The van der Waals surface area contributed by atoms with Gasteiger partial charge < -0.3 is 25.7 Å². The number of aryl methyl sites for hydroxylation is 2. The summed E-state index contributed by atoms with van der Waals surface area (Å²) in [6.07, 6.45) is 6.59. The molecule has 178 valence electrons. The second-order valence-corrected chi connectivity index (χ2v) is 7.90. The number of nitrogens with one attached hydrogen (secondary N) is 2. The summed E-state index contributed by atoms with van der Waals surface area (Å²) in [5, 5.41) is 27.3. The maximum absolute atomic E-state index is 11.8. The van der Waals surface area contributed by atoms with Gasteiger partial charge >= 0.3 is 0 Å². The minimum absolute atomic E-state index is 0.318. The lowest BCUT2D eigenvalue weighted by molar-refractivity contribution is -0.612. The molecule has 0 saturated heterocycles. The van der Waals surface area contributed by atoms with Gasteiger partial charge in [-0.05, 0) is 54.4 Å². The molecule has 0 atom stereocenters. The largest absolute Gasteiger partial charge is 0.618 e. The van der Waals surface area contributed by atoms with Crippen LogP contribution in [0.25, 0.3) is 17.0 Å². The quantitative estimate of drug-likeness (QED) is 0.265. The number of anilines is 2. The summed E-state index contributed by atoms with van der Waals surface area (Å²) < 4.78 is 6.66. The Hall–Kier alpha value is -4.50. The molecule has 9 heteroatoms. The fourth-order valence-electron chi connectivity index (χ4n) is 3.40. The molecule has 4 aromatic rings. The highest BCUT2D eigenvalue weighted by molar-refractivity contribution is 5.92. The van der Waals surface area contributed by atoms with Crippen LogP contribution in [-0.2, 0) is 4.79 Å². The summed E-state index contributed by atoms with van der Waals surface area (Å²) >= 11 is 0. The van der Waals surface area contributed by atoms with Gasteiger partial charge in [-0.1, -0.05) is 18.2 Å². The number of aromatic nitrogens is 3. The molecule has 0 aliphatic carbocycles. The molecule has 0 fully saturated rings. The maximum Gasteiger partial charge on any atom is 0.245 e. The number of benzene rings is 2. The van der Waals surface area contributed by atoms with Gasteiger partial charge in [-0.3, -0.25) is 4.79 Å². The fraction of sp³-hybridized carbons (Fsp3) is 0.154. The number of fused-ring (bicyclic) bond motifs is 1. The van der Waals surface area contributed by atoms with Crippen LogP contribution in [0.4, 0.5) is 11.5 Å². The lowest BCUT2D eigenvalue weighted by atomic mass is 10.1. The van der Waals surface area contributed by atoms with Crippen molar-refractivity contribution in [1.82, 2.24) is 15.3 Å². The Bertz CT molecular complexity index is 1400. The predicted octanol–water partition coefficient (Wildman–Crippen LogP) is 3.54. The zero-order valence-corrected chi connectivity index (χ0v) is 19.4. The number of hydrogen-bond acceptors (Lipinski definition) is 7. The van der Waals surface area contributed by atoms with Crippen LogP contribution in [0.15, 0.2) is 67.1 Å². The Labute approximate surface area is 202 Å². The number of rotatable bonds is 8. The van der Waals surface area contributed by atoms with Crippen LogP contribution in [0.2, 0.25) is 0 Å². The third kappa shape index (κ3) is 5.90. The zero-order chi connectivity index (χ0) is 24.8. The van der Waals surface area contributed by atoms with Crippen LogP contribution in [0.3, 0.4) is 0 Å². The van der Waals surface area contributed by atoms with E-state index in [1.165, 1.54) is 12.5 Å². The number of amides is 1. The van der Waals surface area contributed by atoms with E-state index in [1.54, 1.807) is 25.1 Å². The lowest BCUT2D eigenvalue weighted by Crippen LogP contribution is -2.28. The number of carbonyl (C=O) groups excluding carboxylic acids is 1. The van der Waals surface area contributed by atoms with Gasteiger partial charge in [0.1, 0.15) is 24.5 Å². The molecule has 0 spiro atoms. The first kappa shape index (κ1) is 23.7. The van der Waals surface area contributed by atoms with Crippen molar-refractivity contribution in [1.29, 1.82) is 0 Å². The Morgan fingerprint density at radius 2 is 2.00 bits per heavy atom. The van der Waals surface area contributed by atoms with Crippen molar-refractivity contribution in [2.75, 3.05) is 18.5 Å². The molecule has 9 nitrogen and oxygen atoms in total. The smallest absolute Gasteiger partial charge is 0.245 e. The molecule has 0 saturated carbocycles. The van der Waals surface area contributed by atoms with Crippen molar-refractivity contribution >= 4 is 34.4 Å². The number of ether oxygens (including phenoxy) is 1. The second kappa shape index (κ2) is 10.6. The van der Waals surface area contributed by atoms with Gasteiger partial charge in [0.2, 0.25) is 12.1 Å². The fourth-order valence-corrected chi connectivity index (χ4v) is 3.40. The highest BCUT2D eigenvalue weighted by Gasteiger charge is 2.09. The third-order valence-corrected chi connectivity index (χ3v) is 5.28. The minimum atomic E-state index is -0.533. The van der Waals surface area contributed by atoms with E-state index < -0.39 is 12.5 Å². The van der Waals surface area contributed by atoms with Crippen LogP contribution in [-0.4, -0.2) is 34.1 Å². The van der Waals surface area contributed by atoms with Gasteiger partial charge in [0.05, 0.1) is 5.52 Å². The van der Waals surface area contributed by atoms with Crippen LogP contribution in [0.5, 0.6) is 11.5 Å². The Morgan fingerprint density at radius 3 is 2.77 bits per heavy atom. The predicted molar refractivity (Wildman–Crippen MR) is 133 cm³/mol. The first-order chi connectivity index (χ1) is 16.9. The zero-order valence-electron chi connectivity index (χ0n) is 19.4. The number of hydrogen-bond donors (Lipinski definition) is 3. The van der Waals surface area contributed by atoms with Crippen molar-refractivity contribution in [3.05, 3.63) is 89.2 Å². The highest BCUT2D eigenvalue weighted by Crippen LogP contribution is 2.30. The van der Waals surface area contributed by atoms with E-state index in [0.717, 1.165) is 32.4 Å². The number of aliphatic hydroxyl groups is 1. The molecular formula is C26H25N5O4. The van der Waals surface area contributed by atoms with Gasteiger partial charge in [0.15, 0.2) is 11.4 Å². The lowest BCUT2D eigenvalue weighted by Gasteiger charge is -2.12. The van der Waals surface area contributed by atoms with Crippen molar-refractivity contribution in [3.63, 3.8) is 0 Å². The van der Waals surface area contributed by atoms with E-state index in [2.05, 4.69) is 20.6 Å². The molecule has 0 bridgehead atoms. The van der Waals surface area contributed by atoms with E-state index in [4.69, 9.17) is 9.84 Å². The van der Waals surface area contributed by atoms with Gasteiger partial charge in [0.25, 0.3) is 0 Å². The van der Waals surface area contributed by atoms with Gasteiger partial charge in [-0.2, -0.15) is 4.73 Å². The third-order valence-electron chi connectivity index (χ3n) is 5.28. The van der Waals surface area contributed by atoms with Gasteiger partial charge in [0, 0.05) is 30.6 Å². The molecule has 2 aromatic carbocycles. The number of carbonyl (C=O) groups is 1. The summed E-state index contributed by atoms with van der Waals surface area (Å²) in [4.78, 5) is 19.9. The van der Waals surface area contributed by atoms with Crippen molar-refractivity contribution in [3.8, 4) is 11.5 Å². The summed E-state index contributed by atoms with van der Waals surface area (Å²) in [6.45, 7) is 3.45. The maximum atomic E-state index is 11.8. The first-order valence-electron chi connectivity index (χ1n) is 11.0. The monoisotopic (exact) mass is 471 g/mol. The minimum Gasteiger partial charge on any atom is -0.618 e. The van der Waals surface area contributed by atoms with E-state index >= 15 is 0 Å². The van der Waals surface area contributed by atoms with E-state index in [1.807, 2.05) is 49.4 Å². The average molecular weight is 472 g/mol. The van der Waals surface area contributed by atoms with Gasteiger partial charge in [-0.25, -0.2) is 9.97 Å². The van der Waals surface area contributed by atoms with Crippen LogP contribution in [0, 0.1) is 19.1 Å². The van der Waals surface area contributed by atoms with Gasteiger partial charge in [-0.15, -0.1) is 0 Å². The van der Waals surface area contributed by atoms with Crippen LogP contribution in [0.1, 0.15) is 16.8 Å². The Balaban J connectivity index is 1.52. The molecule has 1 amide bonds. The van der Waals surface area contributed by atoms with Crippen LogP contribution >= 0.6 is 0 Å².